The van der Waals surface area contributed by atoms with Crippen molar-refractivity contribution >= 4 is 28.5 Å². The number of hydrogen-bond donors (Lipinski definition) is 0. The van der Waals surface area contributed by atoms with Crippen LogP contribution in [-0.4, -0.2) is 38.7 Å². The summed E-state index contributed by atoms with van der Waals surface area (Å²) < 4.78 is 1.77. The fourth-order valence-corrected chi connectivity index (χ4v) is 4.46. The van der Waals surface area contributed by atoms with Gasteiger partial charge in [-0.25, -0.2) is 9.67 Å². The number of nitrogens with zero attached hydrogens (tertiary/aromatic N) is 4. The van der Waals surface area contributed by atoms with Crippen molar-refractivity contribution in [2.24, 2.45) is 11.8 Å². The van der Waals surface area contributed by atoms with E-state index >= 15 is 0 Å². The molecule has 1 saturated heterocycles. The second-order valence-electron chi connectivity index (χ2n) is 7.67. The molecule has 0 aliphatic carbocycles. The first-order valence-electron chi connectivity index (χ1n) is 9.34. The monoisotopic (exact) mass is 382 g/mol. The number of pyridine rings is 1. The molecule has 0 bridgehead atoms. The first-order chi connectivity index (χ1) is 13.0. The summed E-state index contributed by atoms with van der Waals surface area (Å²) in [6.45, 7) is 7.80. The van der Waals surface area contributed by atoms with E-state index in [2.05, 4.69) is 23.9 Å². The van der Waals surface area contributed by atoms with E-state index < -0.39 is 0 Å². The molecule has 0 radical (unpaired) electrons. The van der Waals surface area contributed by atoms with E-state index in [-0.39, 0.29) is 5.91 Å². The number of benzene rings is 1. The van der Waals surface area contributed by atoms with Crippen molar-refractivity contribution < 1.29 is 4.79 Å². The average molecular weight is 383 g/mol. The van der Waals surface area contributed by atoms with E-state index in [0.29, 0.717) is 28.1 Å². The Labute approximate surface area is 164 Å². The van der Waals surface area contributed by atoms with Crippen LogP contribution in [0, 0.1) is 18.8 Å². The number of rotatable bonds is 2. The van der Waals surface area contributed by atoms with Gasteiger partial charge >= 0.3 is 0 Å². The lowest BCUT2D eigenvalue weighted by atomic mass is 9.91. The predicted molar refractivity (Wildman–Crippen MR) is 107 cm³/mol. The minimum absolute atomic E-state index is 0.0420. The first-order valence-corrected chi connectivity index (χ1v) is 9.72. The number of fused-ring (bicyclic) bond motifs is 1. The van der Waals surface area contributed by atoms with Crippen molar-refractivity contribution in [3.8, 4) is 5.69 Å². The molecule has 6 heteroatoms. The highest BCUT2D eigenvalue weighted by Crippen LogP contribution is 2.31. The quantitative estimate of drug-likeness (QED) is 0.655. The zero-order chi connectivity index (χ0) is 19.1. The molecule has 140 valence electrons. The van der Waals surface area contributed by atoms with Crippen LogP contribution in [0.3, 0.4) is 0 Å². The van der Waals surface area contributed by atoms with Crippen molar-refractivity contribution in [3.05, 3.63) is 52.8 Å². The Morgan fingerprint density at radius 3 is 2.48 bits per heavy atom. The summed E-state index contributed by atoms with van der Waals surface area (Å²) >= 11 is 6.69. The van der Waals surface area contributed by atoms with Crippen LogP contribution in [0.15, 0.2) is 36.5 Å². The molecule has 1 aromatic carbocycles. The van der Waals surface area contributed by atoms with Gasteiger partial charge in [0.25, 0.3) is 5.91 Å². The van der Waals surface area contributed by atoms with Gasteiger partial charge in [0.1, 0.15) is 0 Å². The standard InChI is InChI=1S/C21H23ClN4O/c1-13-9-14(2)12-25(11-13)21(27)17-10-23-20-18(19(17)22)15(3)24-26(20)16-7-5-4-6-8-16/h4-8,10,13-14H,9,11-12H2,1-3H3/t13-,14+. The van der Waals surface area contributed by atoms with Gasteiger partial charge in [0.05, 0.1) is 27.4 Å². The molecule has 1 amide bonds. The fraction of sp³-hybridized carbons (Fsp3) is 0.381. The zero-order valence-corrected chi connectivity index (χ0v) is 16.6. The van der Waals surface area contributed by atoms with Gasteiger partial charge < -0.3 is 4.90 Å². The number of carbonyl (C=O) groups is 1. The van der Waals surface area contributed by atoms with Crippen LogP contribution in [0.25, 0.3) is 16.7 Å². The van der Waals surface area contributed by atoms with Crippen molar-refractivity contribution in [1.29, 1.82) is 0 Å². The van der Waals surface area contributed by atoms with E-state index in [4.69, 9.17) is 11.6 Å². The number of likely N-dealkylation sites (tertiary alicyclic amines) is 1. The van der Waals surface area contributed by atoms with E-state index in [1.54, 1.807) is 10.9 Å². The number of aryl methyl sites for hydroxylation is 1. The number of carbonyl (C=O) groups excluding carboxylic acids is 1. The Hall–Kier alpha value is -2.40. The highest BCUT2D eigenvalue weighted by molar-refractivity contribution is 6.38. The maximum atomic E-state index is 13.1. The molecule has 1 aliphatic rings. The third-order valence-corrected chi connectivity index (χ3v) is 5.59. The molecule has 27 heavy (non-hydrogen) atoms. The van der Waals surface area contributed by atoms with Crippen LogP contribution in [0.4, 0.5) is 0 Å². The van der Waals surface area contributed by atoms with Crippen LogP contribution in [0.5, 0.6) is 0 Å². The predicted octanol–water partition coefficient (Wildman–Crippen LogP) is 4.50. The van der Waals surface area contributed by atoms with E-state index in [9.17, 15) is 4.79 Å². The van der Waals surface area contributed by atoms with Crippen molar-refractivity contribution in [3.63, 3.8) is 0 Å². The molecule has 5 nitrogen and oxygen atoms in total. The molecule has 0 saturated carbocycles. The lowest BCUT2D eigenvalue weighted by Crippen LogP contribution is -2.42. The molecular formula is C21H23ClN4O. The Morgan fingerprint density at radius 1 is 1.15 bits per heavy atom. The maximum Gasteiger partial charge on any atom is 0.256 e. The SMILES string of the molecule is Cc1nn(-c2ccccc2)c2ncc(C(=O)N3C[C@H](C)C[C@H](C)C3)c(Cl)c12. The minimum Gasteiger partial charge on any atom is -0.338 e. The number of amides is 1. The number of aromatic nitrogens is 3. The molecule has 0 spiro atoms. The smallest absolute Gasteiger partial charge is 0.256 e. The summed E-state index contributed by atoms with van der Waals surface area (Å²) in [6.07, 6.45) is 2.75. The number of piperidine rings is 1. The fourth-order valence-electron chi connectivity index (χ4n) is 4.11. The van der Waals surface area contributed by atoms with Gasteiger partial charge in [0.15, 0.2) is 5.65 Å². The molecule has 1 fully saturated rings. The summed E-state index contributed by atoms with van der Waals surface area (Å²) in [7, 11) is 0. The molecule has 0 N–H and O–H groups in total. The van der Waals surface area contributed by atoms with E-state index in [1.807, 2.05) is 42.2 Å². The van der Waals surface area contributed by atoms with Gasteiger partial charge in [-0.15, -0.1) is 0 Å². The summed E-state index contributed by atoms with van der Waals surface area (Å²) in [4.78, 5) is 19.6. The largest absolute Gasteiger partial charge is 0.338 e. The third kappa shape index (κ3) is 3.21. The maximum absolute atomic E-state index is 13.1. The minimum atomic E-state index is -0.0420. The lowest BCUT2D eigenvalue weighted by Gasteiger charge is -2.35. The van der Waals surface area contributed by atoms with Gasteiger partial charge in [-0.1, -0.05) is 43.6 Å². The first kappa shape index (κ1) is 18.0. The van der Waals surface area contributed by atoms with Crippen molar-refractivity contribution in [2.75, 3.05) is 13.1 Å². The summed E-state index contributed by atoms with van der Waals surface area (Å²) in [5.41, 5.74) is 2.81. The molecule has 1 aliphatic heterocycles. The normalized spacial score (nSPS) is 20.2. The highest BCUT2D eigenvalue weighted by atomic mass is 35.5. The molecular weight excluding hydrogens is 360 g/mol. The Balaban J connectivity index is 1.77. The van der Waals surface area contributed by atoms with Gasteiger partial charge in [-0.05, 0) is 37.3 Å². The second-order valence-corrected chi connectivity index (χ2v) is 8.05. The van der Waals surface area contributed by atoms with Crippen LogP contribution in [0.2, 0.25) is 5.02 Å². The van der Waals surface area contributed by atoms with Crippen molar-refractivity contribution in [2.45, 2.75) is 27.2 Å². The van der Waals surface area contributed by atoms with E-state index in [0.717, 1.165) is 36.3 Å². The van der Waals surface area contributed by atoms with E-state index in [1.165, 1.54) is 0 Å². The van der Waals surface area contributed by atoms with Crippen molar-refractivity contribution in [1.82, 2.24) is 19.7 Å². The van der Waals surface area contributed by atoms with Gasteiger partial charge in [0.2, 0.25) is 0 Å². The van der Waals surface area contributed by atoms with Crippen LogP contribution in [0.1, 0.15) is 36.3 Å². The van der Waals surface area contributed by atoms with Gasteiger partial charge in [-0.3, -0.25) is 4.79 Å². The third-order valence-electron chi connectivity index (χ3n) is 5.20. The Bertz CT molecular complexity index is 988. The molecule has 4 rings (SSSR count). The molecule has 3 heterocycles. The number of halogens is 1. The Morgan fingerprint density at radius 2 is 1.81 bits per heavy atom. The van der Waals surface area contributed by atoms with Crippen LogP contribution < -0.4 is 0 Å². The molecule has 3 aromatic rings. The second kappa shape index (κ2) is 6.97. The Kier molecular flexibility index (Phi) is 4.64. The molecule has 0 unspecified atom stereocenters. The summed E-state index contributed by atoms with van der Waals surface area (Å²) in [5.74, 6) is 0.950. The number of hydrogen-bond acceptors (Lipinski definition) is 3. The molecule has 2 aromatic heterocycles. The van der Waals surface area contributed by atoms with Gasteiger partial charge in [-0.2, -0.15) is 5.10 Å². The zero-order valence-electron chi connectivity index (χ0n) is 15.8. The van der Waals surface area contributed by atoms with Gasteiger partial charge in [0, 0.05) is 19.3 Å². The summed E-state index contributed by atoms with van der Waals surface area (Å²) in [6, 6.07) is 9.81. The highest BCUT2D eigenvalue weighted by Gasteiger charge is 2.29. The lowest BCUT2D eigenvalue weighted by molar-refractivity contribution is 0.0623. The number of para-hydroxylation sites is 1. The van der Waals surface area contributed by atoms with Crippen LogP contribution >= 0.6 is 11.6 Å². The molecule has 2 atom stereocenters. The average Bonchev–Trinajstić information content (AvgIpc) is 2.99. The van der Waals surface area contributed by atoms with Crippen LogP contribution in [-0.2, 0) is 0 Å². The summed E-state index contributed by atoms with van der Waals surface area (Å²) in [5, 5.41) is 5.78. The topological polar surface area (TPSA) is 51.0 Å².